The Morgan fingerprint density at radius 2 is 2.00 bits per heavy atom. The molecular weight excluding hydrogens is 424 g/mol. The molecule has 172 valence electrons. The zero-order chi connectivity index (χ0) is 23.2. The van der Waals surface area contributed by atoms with Gasteiger partial charge in [0.05, 0.1) is 17.1 Å². The molecule has 2 aromatic carbocycles. The number of fused-ring (bicyclic) bond motifs is 4. The molecule has 6 rings (SSSR count). The minimum atomic E-state index is 0.139. The Morgan fingerprint density at radius 1 is 1.15 bits per heavy atom. The van der Waals surface area contributed by atoms with Crippen LogP contribution in [0, 0.1) is 11.3 Å². The number of pyridine rings is 1. The molecule has 0 spiro atoms. The maximum Gasteiger partial charge on any atom is 0.253 e. The van der Waals surface area contributed by atoms with Gasteiger partial charge in [-0.25, -0.2) is 0 Å². The molecule has 2 fully saturated rings. The van der Waals surface area contributed by atoms with Crippen LogP contribution < -0.4 is 10.2 Å². The lowest BCUT2D eigenvalue weighted by Gasteiger charge is -2.43. The Balaban J connectivity index is 1.31. The molecule has 4 heterocycles. The van der Waals surface area contributed by atoms with Crippen molar-refractivity contribution in [1.82, 2.24) is 20.1 Å². The minimum Gasteiger partial charge on any atom is -0.368 e. The molecule has 1 amide bonds. The van der Waals surface area contributed by atoms with E-state index in [4.69, 9.17) is 0 Å². The van der Waals surface area contributed by atoms with Crippen LogP contribution in [0.5, 0.6) is 0 Å². The molecule has 1 N–H and O–H groups in total. The number of amides is 1. The predicted molar refractivity (Wildman–Crippen MR) is 132 cm³/mol. The van der Waals surface area contributed by atoms with Gasteiger partial charge in [-0.05, 0) is 54.4 Å². The van der Waals surface area contributed by atoms with Gasteiger partial charge in [-0.2, -0.15) is 5.26 Å². The molecule has 0 saturated carbocycles. The van der Waals surface area contributed by atoms with Crippen LogP contribution in [-0.4, -0.2) is 66.0 Å². The number of carbonyl (C=O) groups is 1. The quantitative estimate of drug-likeness (QED) is 0.645. The summed E-state index contributed by atoms with van der Waals surface area (Å²) in [4.78, 5) is 24.5. The number of nitrogens with one attached hydrogen (secondary N) is 1. The van der Waals surface area contributed by atoms with E-state index in [1.807, 2.05) is 23.1 Å². The number of nitriles is 1. The molecule has 0 radical (unpaired) electrons. The van der Waals surface area contributed by atoms with Gasteiger partial charge in [-0.3, -0.25) is 14.7 Å². The van der Waals surface area contributed by atoms with Gasteiger partial charge in [0, 0.05) is 74.7 Å². The van der Waals surface area contributed by atoms with E-state index in [2.05, 4.69) is 57.4 Å². The molecule has 3 aromatic rings. The average Bonchev–Trinajstić information content (AvgIpc) is 3.26. The molecule has 3 aliphatic heterocycles. The first-order valence-electron chi connectivity index (χ1n) is 12.1. The Labute approximate surface area is 199 Å². The van der Waals surface area contributed by atoms with Gasteiger partial charge in [0.2, 0.25) is 0 Å². The smallest absolute Gasteiger partial charge is 0.253 e. The molecule has 7 nitrogen and oxygen atoms in total. The number of hydrogen-bond acceptors (Lipinski definition) is 6. The predicted octanol–water partition coefficient (Wildman–Crippen LogP) is 2.92. The molecular formula is C27H28N6O. The van der Waals surface area contributed by atoms with Gasteiger partial charge in [0.15, 0.2) is 0 Å². The summed E-state index contributed by atoms with van der Waals surface area (Å²) in [5, 5.41) is 13.9. The van der Waals surface area contributed by atoms with Crippen molar-refractivity contribution in [2.24, 2.45) is 0 Å². The van der Waals surface area contributed by atoms with Crippen LogP contribution in [0.15, 0.2) is 48.7 Å². The summed E-state index contributed by atoms with van der Waals surface area (Å²) in [5.41, 5.74) is 5.90. The summed E-state index contributed by atoms with van der Waals surface area (Å²) in [6.07, 6.45) is 1.75. The van der Waals surface area contributed by atoms with E-state index in [-0.39, 0.29) is 11.9 Å². The SMILES string of the molecule is CC1CN(c2ccc(C#N)c3ncccc23)CC2c3ccc(C(=O)N4CCNCC4)cc3CN12. The fraction of sp³-hybridized carbons (Fsp3) is 0.370. The number of hydrogen-bond donors (Lipinski definition) is 1. The van der Waals surface area contributed by atoms with E-state index in [0.29, 0.717) is 11.6 Å². The highest BCUT2D eigenvalue weighted by Gasteiger charge is 2.39. The first-order chi connectivity index (χ1) is 16.6. The zero-order valence-electron chi connectivity index (χ0n) is 19.4. The van der Waals surface area contributed by atoms with E-state index < -0.39 is 0 Å². The van der Waals surface area contributed by atoms with Crippen molar-refractivity contribution in [1.29, 1.82) is 5.26 Å². The molecule has 0 bridgehead atoms. The van der Waals surface area contributed by atoms with Crippen LogP contribution in [0.3, 0.4) is 0 Å². The molecule has 1 aromatic heterocycles. The minimum absolute atomic E-state index is 0.139. The lowest BCUT2D eigenvalue weighted by atomic mass is 9.98. The second-order valence-electron chi connectivity index (χ2n) is 9.54. The second-order valence-corrected chi connectivity index (χ2v) is 9.54. The summed E-state index contributed by atoms with van der Waals surface area (Å²) in [6.45, 7) is 8.20. The first-order valence-corrected chi connectivity index (χ1v) is 12.1. The molecule has 2 atom stereocenters. The van der Waals surface area contributed by atoms with E-state index in [1.165, 1.54) is 11.1 Å². The number of rotatable bonds is 2. The number of piperazine rings is 2. The van der Waals surface area contributed by atoms with E-state index in [1.54, 1.807) is 6.20 Å². The van der Waals surface area contributed by atoms with Crippen molar-refractivity contribution in [2.45, 2.75) is 25.6 Å². The monoisotopic (exact) mass is 452 g/mol. The maximum absolute atomic E-state index is 13.0. The van der Waals surface area contributed by atoms with Crippen LogP contribution >= 0.6 is 0 Å². The van der Waals surface area contributed by atoms with Crippen LogP contribution in [0.2, 0.25) is 0 Å². The molecule has 0 aliphatic carbocycles. The number of anilines is 1. The standard InChI is InChI=1S/C27H28N6O/c1-18-15-32(24-7-5-20(14-28)26-23(24)3-2-8-30-26)17-25-22-6-4-19(13-21(22)16-33(18)25)27(34)31-11-9-29-10-12-31/h2-8,13,18,25,29H,9-12,15-17H2,1H3. The van der Waals surface area contributed by atoms with Crippen LogP contribution in [0.4, 0.5) is 5.69 Å². The number of nitrogens with zero attached hydrogens (tertiary/aromatic N) is 5. The lowest BCUT2D eigenvalue weighted by Crippen LogP contribution is -2.51. The van der Waals surface area contributed by atoms with Crippen LogP contribution in [0.25, 0.3) is 10.9 Å². The van der Waals surface area contributed by atoms with E-state index in [9.17, 15) is 10.1 Å². The molecule has 34 heavy (non-hydrogen) atoms. The topological polar surface area (TPSA) is 75.5 Å². The Kier molecular flexibility index (Phi) is 5.20. The highest BCUT2D eigenvalue weighted by Crippen LogP contribution is 2.41. The van der Waals surface area contributed by atoms with Crippen LogP contribution in [-0.2, 0) is 6.54 Å². The highest BCUT2D eigenvalue weighted by molar-refractivity contribution is 5.96. The van der Waals surface area contributed by atoms with Gasteiger partial charge in [0.25, 0.3) is 5.91 Å². The lowest BCUT2D eigenvalue weighted by molar-refractivity contribution is 0.0735. The van der Waals surface area contributed by atoms with Gasteiger partial charge < -0.3 is 15.1 Å². The third-order valence-corrected chi connectivity index (χ3v) is 7.56. The van der Waals surface area contributed by atoms with E-state index >= 15 is 0 Å². The maximum atomic E-state index is 13.0. The fourth-order valence-corrected chi connectivity index (χ4v) is 5.83. The summed E-state index contributed by atoms with van der Waals surface area (Å²) in [5.74, 6) is 0.139. The third-order valence-electron chi connectivity index (χ3n) is 7.56. The van der Waals surface area contributed by atoms with Gasteiger partial charge in [-0.15, -0.1) is 0 Å². The fourth-order valence-electron chi connectivity index (χ4n) is 5.83. The average molecular weight is 453 g/mol. The third kappa shape index (κ3) is 3.42. The highest BCUT2D eigenvalue weighted by atomic mass is 16.2. The van der Waals surface area contributed by atoms with E-state index in [0.717, 1.165) is 68.0 Å². The molecule has 2 unspecified atom stereocenters. The first kappa shape index (κ1) is 21.1. The molecule has 7 heteroatoms. The Hall–Kier alpha value is -3.47. The Morgan fingerprint density at radius 3 is 2.82 bits per heavy atom. The largest absolute Gasteiger partial charge is 0.368 e. The van der Waals surface area contributed by atoms with Crippen molar-refractivity contribution in [2.75, 3.05) is 44.2 Å². The van der Waals surface area contributed by atoms with Crippen molar-refractivity contribution in [3.05, 3.63) is 70.9 Å². The number of benzene rings is 2. The normalized spacial score (nSPS) is 22.4. The van der Waals surface area contributed by atoms with Crippen LogP contribution in [0.1, 0.15) is 40.0 Å². The van der Waals surface area contributed by atoms with Crippen molar-refractivity contribution in [3.63, 3.8) is 0 Å². The van der Waals surface area contributed by atoms with Gasteiger partial charge >= 0.3 is 0 Å². The summed E-state index contributed by atoms with van der Waals surface area (Å²) < 4.78 is 0. The summed E-state index contributed by atoms with van der Waals surface area (Å²) >= 11 is 0. The number of carbonyl (C=O) groups excluding carboxylic acids is 1. The second kappa shape index (κ2) is 8.39. The summed E-state index contributed by atoms with van der Waals surface area (Å²) in [7, 11) is 0. The van der Waals surface area contributed by atoms with Gasteiger partial charge in [0.1, 0.15) is 6.07 Å². The van der Waals surface area contributed by atoms with Crippen molar-refractivity contribution >= 4 is 22.5 Å². The van der Waals surface area contributed by atoms with Crippen molar-refractivity contribution < 1.29 is 4.79 Å². The molecule has 2 saturated heterocycles. The summed E-state index contributed by atoms with van der Waals surface area (Å²) in [6, 6.07) is 17.2. The molecule has 3 aliphatic rings. The van der Waals surface area contributed by atoms with Crippen molar-refractivity contribution in [3.8, 4) is 6.07 Å². The Bertz CT molecular complexity index is 1310. The van der Waals surface area contributed by atoms with Gasteiger partial charge in [-0.1, -0.05) is 6.07 Å². The zero-order valence-corrected chi connectivity index (χ0v) is 19.4. The number of aromatic nitrogens is 1.